The van der Waals surface area contributed by atoms with E-state index in [1.54, 1.807) is 0 Å². The van der Waals surface area contributed by atoms with Crippen LogP contribution in [0.2, 0.25) is 0 Å². The van der Waals surface area contributed by atoms with Crippen LogP contribution in [-0.2, 0) is 13.0 Å². The Balaban J connectivity index is 1.58. The Morgan fingerprint density at radius 2 is 2.17 bits per heavy atom. The van der Waals surface area contributed by atoms with E-state index < -0.39 is 0 Å². The first-order chi connectivity index (χ1) is 8.83. The molecule has 2 fully saturated rings. The summed E-state index contributed by atoms with van der Waals surface area (Å²) in [7, 11) is 0. The number of aryl methyl sites for hydroxylation is 1. The number of piperazine rings is 1. The van der Waals surface area contributed by atoms with E-state index in [4.69, 9.17) is 4.98 Å². The van der Waals surface area contributed by atoms with Crippen LogP contribution in [0.5, 0.6) is 0 Å². The Hall–Kier alpha value is -0.450. The molecule has 3 rings (SSSR count). The quantitative estimate of drug-likeness (QED) is 0.906. The highest BCUT2D eigenvalue weighted by molar-refractivity contribution is 7.09. The van der Waals surface area contributed by atoms with E-state index in [0.717, 1.165) is 25.0 Å². The van der Waals surface area contributed by atoms with Crippen LogP contribution in [0.25, 0.3) is 0 Å². The average molecular weight is 265 g/mol. The van der Waals surface area contributed by atoms with Gasteiger partial charge in [0.25, 0.3) is 0 Å². The first kappa shape index (κ1) is 12.6. The molecule has 2 aliphatic rings. The van der Waals surface area contributed by atoms with Crippen LogP contribution in [-0.4, -0.2) is 35.1 Å². The predicted octanol–water partition coefficient (Wildman–Crippen LogP) is 2.42. The third-order valence-corrected chi connectivity index (χ3v) is 4.88. The highest BCUT2D eigenvalue weighted by atomic mass is 32.1. The Labute approximate surface area is 114 Å². The topological polar surface area (TPSA) is 28.2 Å². The summed E-state index contributed by atoms with van der Waals surface area (Å²) in [5.74, 6) is 0. The molecule has 0 aliphatic carbocycles. The van der Waals surface area contributed by atoms with Crippen molar-refractivity contribution in [3.05, 3.63) is 16.1 Å². The maximum atomic E-state index is 4.74. The number of fused-ring (bicyclic) bond motifs is 2. The highest BCUT2D eigenvalue weighted by Crippen LogP contribution is 2.22. The Morgan fingerprint density at radius 1 is 1.39 bits per heavy atom. The smallest absolute Gasteiger partial charge is 0.107 e. The largest absolute Gasteiger partial charge is 0.309 e. The zero-order valence-electron chi connectivity index (χ0n) is 11.2. The fourth-order valence-electron chi connectivity index (χ4n) is 3.21. The minimum absolute atomic E-state index is 0.729. The molecule has 100 valence electrons. The minimum Gasteiger partial charge on any atom is -0.309 e. The molecule has 3 heterocycles. The predicted molar refractivity (Wildman–Crippen MR) is 75.9 cm³/mol. The number of nitrogens with zero attached hydrogens (tertiary/aromatic N) is 2. The minimum atomic E-state index is 0.729. The lowest BCUT2D eigenvalue weighted by Crippen LogP contribution is -2.58. The molecule has 0 radical (unpaired) electrons. The van der Waals surface area contributed by atoms with Gasteiger partial charge in [0.05, 0.1) is 12.2 Å². The number of piperidine rings is 1. The summed E-state index contributed by atoms with van der Waals surface area (Å²) in [6.07, 6.45) is 6.44. The van der Waals surface area contributed by atoms with Gasteiger partial charge in [0.15, 0.2) is 0 Å². The summed E-state index contributed by atoms with van der Waals surface area (Å²) < 4.78 is 0. The SMILES string of the molecule is CCCc1csc(CN2CC3CCCC(C2)N3)n1. The lowest BCUT2D eigenvalue weighted by Gasteiger charge is -2.42. The molecule has 0 aromatic carbocycles. The molecule has 1 N–H and O–H groups in total. The van der Waals surface area contributed by atoms with Gasteiger partial charge in [-0.2, -0.15) is 0 Å². The molecule has 18 heavy (non-hydrogen) atoms. The summed E-state index contributed by atoms with van der Waals surface area (Å²) in [6.45, 7) is 5.69. The summed E-state index contributed by atoms with van der Waals surface area (Å²) in [5, 5.41) is 7.28. The molecule has 0 saturated carbocycles. The molecular formula is C14H23N3S. The van der Waals surface area contributed by atoms with Crippen molar-refractivity contribution in [2.75, 3.05) is 13.1 Å². The van der Waals surface area contributed by atoms with Crippen LogP contribution in [0.3, 0.4) is 0 Å². The van der Waals surface area contributed by atoms with Gasteiger partial charge < -0.3 is 5.32 Å². The molecule has 2 unspecified atom stereocenters. The Morgan fingerprint density at radius 3 is 2.89 bits per heavy atom. The normalized spacial score (nSPS) is 28.5. The third kappa shape index (κ3) is 2.92. The molecule has 4 heteroatoms. The zero-order valence-corrected chi connectivity index (χ0v) is 12.0. The number of nitrogens with one attached hydrogen (secondary N) is 1. The van der Waals surface area contributed by atoms with Crippen LogP contribution >= 0.6 is 11.3 Å². The van der Waals surface area contributed by atoms with Crippen molar-refractivity contribution >= 4 is 11.3 Å². The lowest BCUT2D eigenvalue weighted by molar-refractivity contribution is 0.119. The van der Waals surface area contributed by atoms with Gasteiger partial charge in [-0.15, -0.1) is 11.3 Å². The molecule has 1 aromatic rings. The molecule has 2 saturated heterocycles. The molecule has 2 aliphatic heterocycles. The second-order valence-electron chi connectivity index (χ2n) is 5.67. The second-order valence-corrected chi connectivity index (χ2v) is 6.61. The van der Waals surface area contributed by atoms with Crippen LogP contribution in [0, 0.1) is 0 Å². The van der Waals surface area contributed by atoms with Crippen LogP contribution in [0.1, 0.15) is 43.3 Å². The van der Waals surface area contributed by atoms with Crippen molar-refractivity contribution in [1.29, 1.82) is 0 Å². The van der Waals surface area contributed by atoms with Gasteiger partial charge in [0.2, 0.25) is 0 Å². The summed E-state index contributed by atoms with van der Waals surface area (Å²) in [5.41, 5.74) is 1.29. The Kier molecular flexibility index (Phi) is 3.97. The van der Waals surface area contributed by atoms with Gasteiger partial charge in [-0.05, 0) is 19.3 Å². The van der Waals surface area contributed by atoms with E-state index in [2.05, 4.69) is 22.5 Å². The van der Waals surface area contributed by atoms with Crippen molar-refractivity contribution in [1.82, 2.24) is 15.2 Å². The summed E-state index contributed by atoms with van der Waals surface area (Å²) in [6, 6.07) is 1.46. The fraction of sp³-hybridized carbons (Fsp3) is 0.786. The lowest BCUT2D eigenvalue weighted by atomic mass is 9.94. The summed E-state index contributed by atoms with van der Waals surface area (Å²) >= 11 is 1.84. The fourth-order valence-corrected chi connectivity index (χ4v) is 4.08. The number of hydrogen-bond donors (Lipinski definition) is 1. The van der Waals surface area contributed by atoms with Crippen LogP contribution in [0.4, 0.5) is 0 Å². The van der Waals surface area contributed by atoms with E-state index in [-0.39, 0.29) is 0 Å². The van der Waals surface area contributed by atoms with Gasteiger partial charge >= 0.3 is 0 Å². The number of likely N-dealkylation sites (tertiary alicyclic amines) is 1. The maximum Gasteiger partial charge on any atom is 0.107 e. The molecular weight excluding hydrogens is 242 g/mol. The average Bonchev–Trinajstić information content (AvgIpc) is 2.77. The number of hydrogen-bond acceptors (Lipinski definition) is 4. The standard InChI is InChI=1S/C14H23N3S/c1-2-4-13-10-18-14(16-13)9-17-7-11-5-3-6-12(8-17)15-11/h10-12,15H,2-9H2,1H3. The van der Waals surface area contributed by atoms with Crippen molar-refractivity contribution in [3.8, 4) is 0 Å². The number of rotatable bonds is 4. The molecule has 0 spiro atoms. The molecule has 0 amide bonds. The van der Waals surface area contributed by atoms with Gasteiger partial charge in [-0.1, -0.05) is 19.8 Å². The molecule has 2 atom stereocenters. The van der Waals surface area contributed by atoms with Crippen LogP contribution < -0.4 is 5.32 Å². The molecule has 2 bridgehead atoms. The zero-order chi connectivity index (χ0) is 12.4. The first-order valence-electron chi connectivity index (χ1n) is 7.25. The second kappa shape index (κ2) is 5.68. The Bertz CT molecular complexity index is 378. The van der Waals surface area contributed by atoms with E-state index in [1.165, 1.54) is 49.5 Å². The first-order valence-corrected chi connectivity index (χ1v) is 8.13. The van der Waals surface area contributed by atoms with Crippen molar-refractivity contribution in [3.63, 3.8) is 0 Å². The van der Waals surface area contributed by atoms with Crippen molar-refractivity contribution < 1.29 is 0 Å². The van der Waals surface area contributed by atoms with Gasteiger partial charge in [-0.25, -0.2) is 4.98 Å². The van der Waals surface area contributed by atoms with Crippen molar-refractivity contribution in [2.45, 2.75) is 57.7 Å². The van der Waals surface area contributed by atoms with Gasteiger partial charge in [0, 0.05) is 30.6 Å². The summed E-state index contributed by atoms with van der Waals surface area (Å²) in [4.78, 5) is 7.34. The van der Waals surface area contributed by atoms with Gasteiger partial charge in [0.1, 0.15) is 5.01 Å². The van der Waals surface area contributed by atoms with Crippen molar-refractivity contribution in [2.24, 2.45) is 0 Å². The third-order valence-electron chi connectivity index (χ3n) is 4.00. The monoisotopic (exact) mass is 265 g/mol. The van der Waals surface area contributed by atoms with E-state index in [9.17, 15) is 0 Å². The molecule has 3 nitrogen and oxygen atoms in total. The van der Waals surface area contributed by atoms with E-state index in [1.807, 2.05) is 11.3 Å². The number of aromatic nitrogens is 1. The van der Waals surface area contributed by atoms with Crippen LogP contribution in [0.15, 0.2) is 5.38 Å². The number of thiazole rings is 1. The maximum absolute atomic E-state index is 4.74. The van der Waals surface area contributed by atoms with E-state index in [0.29, 0.717) is 0 Å². The molecule has 1 aromatic heterocycles. The van der Waals surface area contributed by atoms with E-state index >= 15 is 0 Å². The van der Waals surface area contributed by atoms with Gasteiger partial charge in [-0.3, -0.25) is 4.90 Å². The highest BCUT2D eigenvalue weighted by Gasteiger charge is 2.29.